The number of hydrogen-bond acceptors (Lipinski definition) is 5. The summed E-state index contributed by atoms with van der Waals surface area (Å²) in [5, 5.41) is 0. The second-order valence-corrected chi connectivity index (χ2v) is 7.53. The van der Waals surface area contributed by atoms with Crippen molar-refractivity contribution in [1.82, 2.24) is 4.90 Å². The van der Waals surface area contributed by atoms with E-state index in [-0.39, 0.29) is 24.0 Å². The normalized spacial score (nSPS) is 11.5. The van der Waals surface area contributed by atoms with Crippen LogP contribution in [0, 0.1) is 5.92 Å². The Hall–Kier alpha value is -1.60. The molecule has 130 valence electrons. The van der Waals surface area contributed by atoms with E-state index >= 15 is 0 Å². The minimum atomic E-state index is -3.53. The molecule has 23 heavy (non-hydrogen) atoms. The Balaban J connectivity index is 2.79. The molecule has 1 rings (SSSR count). The number of amides is 1. The van der Waals surface area contributed by atoms with Gasteiger partial charge in [0.2, 0.25) is 5.91 Å². The quantitative estimate of drug-likeness (QED) is 0.642. The van der Waals surface area contributed by atoms with Crippen LogP contribution < -0.4 is 4.18 Å². The molecule has 0 spiro atoms. The molecule has 0 N–H and O–H groups in total. The standard InChI is InChI=1S/C16H25NO5S/c1-5-23(19,20)22-15-8-6-14(7-9-15)11-17(10-13(2)3)16(18)12-21-4/h6-9,13H,5,10-12H2,1-4H3. The van der Waals surface area contributed by atoms with Crippen LogP contribution in [0.1, 0.15) is 26.3 Å². The van der Waals surface area contributed by atoms with Gasteiger partial charge in [-0.15, -0.1) is 0 Å². The van der Waals surface area contributed by atoms with Gasteiger partial charge in [-0.2, -0.15) is 8.42 Å². The number of nitrogens with zero attached hydrogens (tertiary/aromatic N) is 1. The summed E-state index contributed by atoms with van der Waals surface area (Å²) in [5.41, 5.74) is 0.899. The molecule has 0 heterocycles. The zero-order valence-corrected chi connectivity index (χ0v) is 14.9. The van der Waals surface area contributed by atoms with Crippen LogP contribution in [0.3, 0.4) is 0 Å². The number of carbonyl (C=O) groups excluding carboxylic acids is 1. The van der Waals surface area contributed by atoms with E-state index in [1.165, 1.54) is 14.0 Å². The van der Waals surface area contributed by atoms with Gasteiger partial charge in [0.1, 0.15) is 12.4 Å². The van der Waals surface area contributed by atoms with Crippen LogP contribution in [-0.2, 0) is 26.2 Å². The third kappa shape index (κ3) is 7.00. The fourth-order valence-electron chi connectivity index (χ4n) is 1.99. The van der Waals surface area contributed by atoms with E-state index in [4.69, 9.17) is 8.92 Å². The average Bonchev–Trinajstić information content (AvgIpc) is 2.48. The molecule has 0 fully saturated rings. The number of hydrogen-bond donors (Lipinski definition) is 0. The lowest BCUT2D eigenvalue weighted by atomic mass is 10.1. The van der Waals surface area contributed by atoms with E-state index in [2.05, 4.69) is 0 Å². The summed E-state index contributed by atoms with van der Waals surface area (Å²) in [6.07, 6.45) is 0. The molecule has 1 amide bonds. The second kappa shape index (κ2) is 8.88. The molecule has 7 heteroatoms. The van der Waals surface area contributed by atoms with Crippen LogP contribution >= 0.6 is 0 Å². The summed E-state index contributed by atoms with van der Waals surface area (Å²) >= 11 is 0. The topological polar surface area (TPSA) is 72.9 Å². The van der Waals surface area contributed by atoms with E-state index in [9.17, 15) is 13.2 Å². The van der Waals surface area contributed by atoms with Crippen molar-refractivity contribution in [3.8, 4) is 5.75 Å². The first kappa shape index (κ1) is 19.4. The largest absolute Gasteiger partial charge is 0.382 e. The van der Waals surface area contributed by atoms with Crippen LogP contribution in [0.5, 0.6) is 5.75 Å². The lowest BCUT2D eigenvalue weighted by molar-refractivity contribution is -0.136. The molecule has 0 saturated carbocycles. The summed E-state index contributed by atoms with van der Waals surface area (Å²) < 4.78 is 32.7. The van der Waals surface area contributed by atoms with Crippen LogP contribution in [0.15, 0.2) is 24.3 Å². The van der Waals surface area contributed by atoms with E-state index in [0.29, 0.717) is 19.0 Å². The number of benzene rings is 1. The smallest absolute Gasteiger partial charge is 0.308 e. The molecule has 1 aromatic carbocycles. The molecule has 0 radical (unpaired) electrons. The third-order valence-electron chi connectivity index (χ3n) is 3.08. The summed E-state index contributed by atoms with van der Waals surface area (Å²) in [5.74, 6) is 0.458. The monoisotopic (exact) mass is 343 g/mol. The first-order chi connectivity index (χ1) is 10.8. The van der Waals surface area contributed by atoms with Crippen LogP contribution in [0.4, 0.5) is 0 Å². The van der Waals surface area contributed by atoms with E-state index in [0.717, 1.165) is 5.56 Å². The maximum atomic E-state index is 12.1. The second-order valence-electron chi connectivity index (χ2n) is 5.67. The van der Waals surface area contributed by atoms with Gasteiger partial charge in [0.15, 0.2) is 0 Å². The van der Waals surface area contributed by atoms with Crippen molar-refractivity contribution in [2.75, 3.05) is 26.0 Å². The van der Waals surface area contributed by atoms with Crippen molar-refractivity contribution in [3.63, 3.8) is 0 Å². The molecule has 0 aliphatic carbocycles. The maximum absolute atomic E-state index is 12.1. The first-order valence-corrected chi connectivity index (χ1v) is 9.13. The molecule has 0 aromatic heterocycles. The van der Waals surface area contributed by atoms with Crippen molar-refractivity contribution in [1.29, 1.82) is 0 Å². The van der Waals surface area contributed by atoms with Gasteiger partial charge >= 0.3 is 10.1 Å². The predicted molar refractivity (Wildman–Crippen MR) is 88.7 cm³/mol. The van der Waals surface area contributed by atoms with E-state index in [1.54, 1.807) is 29.2 Å². The molecule has 1 aromatic rings. The lowest BCUT2D eigenvalue weighted by Gasteiger charge is -2.24. The highest BCUT2D eigenvalue weighted by atomic mass is 32.2. The summed E-state index contributed by atoms with van der Waals surface area (Å²) in [4.78, 5) is 13.8. The minimum absolute atomic E-state index is 0.0443. The molecule has 0 aliphatic heterocycles. The lowest BCUT2D eigenvalue weighted by Crippen LogP contribution is -2.36. The maximum Gasteiger partial charge on any atom is 0.308 e. The number of ether oxygens (including phenoxy) is 1. The molecule has 0 unspecified atom stereocenters. The number of methoxy groups -OCH3 is 1. The molecular weight excluding hydrogens is 318 g/mol. The molecule has 0 bridgehead atoms. The highest BCUT2D eigenvalue weighted by molar-refractivity contribution is 7.87. The van der Waals surface area contributed by atoms with Crippen molar-refractivity contribution in [3.05, 3.63) is 29.8 Å². The highest BCUT2D eigenvalue weighted by Crippen LogP contribution is 2.16. The molecule has 0 atom stereocenters. The van der Waals surface area contributed by atoms with Crippen LogP contribution in [0.2, 0.25) is 0 Å². The summed E-state index contributed by atoms with van der Waals surface area (Å²) in [6, 6.07) is 6.70. The Morgan fingerprint density at radius 2 is 1.83 bits per heavy atom. The van der Waals surface area contributed by atoms with Crippen molar-refractivity contribution in [2.24, 2.45) is 5.92 Å². The molecule has 0 saturated heterocycles. The third-order valence-corrected chi connectivity index (χ3v) is 4.23. The average molecular weight is 343 g/mol. The van der Waals surface area contributed by atoms with Gasteiger partial charge < -0.3 is 13.8 Å². The zero-order chi connectivity index (χ0) is 17.5. The first-order valence-electron chi connectivity index (χ1n) is 7.55. The van der Waals surface area contributed by atoms with Gasteiger partial charge in [-0.3, -0.25) is 4.79 Å². The fourth-order valence-corrected chi connectivity index (χ4v) is 2.51. The highest BCUT2D eigenvalue weighted by Gasteiger charge is 2.15. The van der Waals surface area contributed by atoms with E-state index in [1.807, 2.05) is 13.8 Å². The Kier molecular flexibility index (Phi) is 7.51. The summed E-state index contributed by atoms with van der Waals surface area (Å²) in [7, 11) is -2.03. The Bertz CT molecular complexity index is 595. The van der Waals surface area contributed by atoms with Gasteiger partial charge in [-0.25, -0.2) is 0 Å². The SMILES string of the molecule is CCS(=O)(=O)Oc1ccc(CN(CC(C)C)C(=O)COC)cc1. The Morgan fingerprint density at radius 1 is 1.22 bits per heavy atom. The number of carbonyl (C=O) groups is 1. The van der Waals surface area contributed by atoms with Crippen molar-refractivity contribution >= 4 is 16.0 Å². The van der Waals surface area contributed by atoms with Crippen LogP contribution in [-0.4, -0.2) is 45.2 Å². The Morgan fingerprint density at radius 3 is 2.30 bits per heavy atom. The van der Waals surface area contributed by atoms with Gasteiger partial charge in [0.05, 0.1) is 5.75 Å². The van der Waals surface area contributed by atoms with Gasteiger partial charge in [-0.05, 0) is 30.5 Å². The summed E-state index contributed by atoms with van der Waals surface area (Å²) in [6.45, 7) is 6.72. The number of rotatable bonds is 9. The van der Waals surface area contributed by atoms with Gasteiger partial charge in [-0.1, -0.05) is 26.0 Å². The Labute approximate surface area is 138 Å². The minimum Gasteiger partial charge on any atom is -0.382 e. The van der Waals surface area contributed by atoms with Gasteiger partial charge in [0.25, 0.3) is 0 Å². The van der Waals surface area contributed by atoms with Crippen molar-refractivity contribution < 1.29 is 22.1 Å². The predicted octanol–water partition coefficient (Wildman–Crippen LogP) is 2.05. The fraction of sp³-hybridized carbons (Fsp3) is 0.562. The zero-order valence-electron chi connectivity index (χ0n) is 14.1. The van der Waals surface area contributed by atoms with E-state index < -0.39 is 10.1 Å². The van der Waals surface area contributed by atoms with Crippen molar-refractivity contribution in [2.45, 2.75) is 27.3 Å². The molecule has 6 nitrogen and oxygen atoms in total. The molecule has 0 aliphatic rings. The van der Waals surface area contributed by atoms with Crippen LogP contribution in [0.25, 0.3) is 0 Å². The van der Waals surface area contributed by atoms with Gasteiger partial charge in [0, 0.05) is 20.2 Å². The molecular formula is C16H25NO5S.